The van der Waals surface area contributed by atoms with Crippen molar-refractivity contribution >= 4 is 12.3 Å². The SMILES string of the molecule is COCCOc1ccc(C(=O)Oc2ccc(C=O)cc2OC)cc1. The number of ether oxygens (including phenoxy) is 4. The van der Waals surface area contributed by atoms with Crippen LogP contribution in [0, 0.1) is 0 Å². The molecule has 2 aromatic rings. The van der Waals surface area contributed by atoms with Crippen LogP contribution in [-0.4, -0.2) is 39.7 Å². The predicted molar refractivity (Wildman–Crippen MR) is 87.2 cm³/mol. The van der Waals surface area contributed by atoms with Gasteiger partial charge in [0.25, 0.3) is 0 Å². The maximum atomic E-state index is 12.2. The van der Waals surface area contributed by atoms with E-state index in [1.807, 2.05) is 0 Å². The van der Waals surface area contributed by atoms with Gasteiger partial charge in [-0.1, -0.05) is 0 Å². The molecule has 2 rings (SSSR count). The van der Waals surface area contributed by atoms with Crippen LogP contribution in [0.5, 0.6) is 17.2 Å². The molecule has 126 valence electrons. The van der Waals surface area contributed by atoms with E-state index in [0.29, 0.717) is 42.1 Å². The normalized spacial score (nSPS) is 10.1. The van der Waals surface area contributed by atoms with Gasteiger partial charge in [0.1, 0.15) is 18.6 Å². The van der Waals surface area contributed by atoms with Crippen molar-refractivity contribution in [1.29, 1.82) is 0 Å². The fourth-order valence-corrected chi connectivity index (χ4v) is 1.93. The fourth-order valence-electron chi connectivity index (χ4n) is 1.93. The van der Waals surface area contributed by atoms with Gasteiger partial charge >= 0.3 is 5.97 Å². The van der Waals surface area contributed by atoms with E-state index in [1.54, 1.807) is 37.4 Å². The van der Waals surface area contributed by atoms with Gasteiger partial charge in [-0.3, -0.25) is 4.79 Å². The first-order valence-electron chi connectivity index (χ1n) is 7.25. The summed E-state index contributed by atoms with van der Waals surface area (Å²) in [5.74, 6) is 0.660. The third kappa shape index (κ3) is 4.57. The monoisotopic (exact) mass is 330 g/mol. The van der Waals surface area contributed by atoms with Gasteiger partial charge in [0, 0.05) is 12.7 Å². The minimum Gasteiger partial charge on any atom is -0.493 e. The van der Waals surface area contributed by atoms with Crippen LogP contribution in [0.1, 0.15) is 20.7 Å². The first-order chi connectivity index (χ1) is 11.7. The molecule has 0 bridgehead atoms. The van der Waals surface area contributed by atoms with Crippen molar-refractivity contribution in [1.82, 2.24) is 0 Å². The van der Waals surface area contributed by atoms with Crippen LogP contribution >= 0.6 is 0 Å². The van der Waals surface area contributed by atoms with Crippen molar-refractivity contribution in [2.75, 3.05) is 27.4 Å². The molecule has 0 N–H and O–H groups in total. The number of hydrogen-bond donors (Lipinski definition) is 0. The molecule has 0 aliphatic rings. The summed E-state index contributed by atoms with van der Waals surface area (Å²) in [4.78, 5) is 23.0. The smallest absolute Gasteiger partial charge is 0.343 e. The third-order valence-corrected chi connectivity index (χ3v) is 3.17. The molecule has 0 aliphatic carbocycles. The lowest BCUT2D eigenvalue weighted by Crippen LogP contribution is -2.09. The zero-order valence-electron chi connectivity index (χ0n) is 13.5. The summed E-state index contributed by atoms with van der Waals surface area (Å²) in [6.07, 6.45) is 0.691. The highest BCUT2D eigenvalue weighted by Crippen LogP contribution is 2.28. The summed E-state index contributed by atoms with van der Waals surface area (Å²) >= 11 is 0. The van der Waals surface area contributed by atoms with Gasteiger partial charge in [0.15, 0.2) is 11.5 Å². The van der Waals surface area contributed by atoms with Gasteiger partial charge in [0.05, 0.1) is 19.3 Å². The van der Waals surface area contributed by atoms with E-state index >= 15 is 0 Å². The number of aldehydes is 1. The number of hydrogen-bond acceptors (Lipinski definition) is 6. The third-order valence-electron chi connectivity index (χ3n) is 3.17. The highest BCUT2D eigenvalue weighted by Gasteiger charge is 2.13. The summed E-state index contributed by atoms with van der Waals surface area (Å²) in [7, 11) is 3.03. The molecule has 6 heteroatoms. The lowest BCUT2D eigenvalue weighted by molar-refractivity contribution is 0.0729. The van der Waals surface area contributed by atoms with Crippen LogP contribution in [0.15, 0.2) is 42.5 Å². The second-order valence-corrected chi connectivity index (χ2v) is 4.78. The number of rotatable bonds is 8. The highest BCUT2D eigenvalue weighted by molar-refractivity contribution is 5.91. The Bertz CT molecular complexity index is 693. The molecule has 0 saturated carbocycles. The summed E-state index contributed by atoms with van der Waals surface area (Å²) in [5, 5.41) is 0. The molecule has 24 heavy (non-hydrogen) atoms. The standard InChI is InChI=1S/C18H18O6/c1-21-9-10-23-15-6-4-14(5-7-15)18(20)24-16-8-3-13(12-19)11-17(16)22-2/h3-8,11-12H,9-10H2,1-2H3. The van der Waals surface area contributed by atoms with Gasteiger partial charge in [-0.2, -0.15) is 0 Å². The maximum absolute atomic E-state index is 12.2. The van der Waals surface area contributed by atoms with Crippen LogP contribution in [0.25, 0.3) is 0 Å². The van der Waals surface area contributed by atoms with Gasteiger partial charge in [0.2, 0.25) is 0 Å². The Balaban J connectivity index is 2.05. The minimum absolute atomic E-state index is 0.244. The number of esters is 1. The first kappa shape index (κ1) is 17.5. The molecule has 0 spiro atoms. The molecular weight excluding hydrogens is 312 g/mol. The number of benzene rings is 2. The molecule has 0 fully saturated rings. The minimum atomic E-state index is -0.532. The zero-order valence-corrected chi connectivity index (χ0v) is 13.5. The molecule has 0 unspecified atom stereocenters. The van der Waals surface area contributed by atoms with Crippen molar-refractivity contribution in [3.8, 4) is 17.2 Å². The summed E-state index contributed by atoms with van der Waals surface area (Å²) in [6, 6.07) is 11.1. The van der Waals surface area contributed by atoms with E-state index < -0.39 is 5.97 Å². The molecule has 2 aromatic carbocycles. The number of carbonyl (C=O) groups is 2. The lowest BCUT2D eigenvalue weighted by Gasteiger charge is -2.10. The van der Waals surface area contributed by atoms with E-state index in [1.165, 1.54) is 19.2 Å². The topological polar surface area (TPSA) is 71.1 Å². The average Bonchev–Trinajstić information content (AvgIpc) is 2.62. The van der Waals surface area contributed by atoms with Crippen LogP contribution < -0.4 is 14.2 Å². The van der Waals surface area contributed by atoms with Crippen molar-refractivity contribution < 1.29 is 28.5 Å². The molecule has 0 radical (unpaired) electrons. The Kier molecular flexibility index (Phi) is 6.33. The van der Waals surface area contributed by atoms with E-state index in [4.69, 9.17) is 18.9 Å². The summed E-state index contributed by atoms with van der Waals surface area (Å²) in [6.45, 7) is 0.918. The fraction of sp³-hybridized carbons (Fsp3) is 0.222. The van der Waals surface area contributed by atoms with Gasteiger partial charge in [-0.05, 0) is 42.5 Å². The number of methoxy groups -OCH3 is 2. The van der Waals surface area contributed by atoms with Gasteiger partial charge in [-0.25, -0.2) is 4.79 Å². The van der Waals surface area contributed by atoms with Crippen molar-refractivity contribution in [3.05, 3.63) is 53.6 Å². The Morgan fingerprint density at radius 3 is 2.38 bits per heavy atom. The quantitative estimate of drug-likeness (QED) is 0.321. The van der Waals surface area contributed by atoms with Crippen LogP contribution in [0.3, 0.4) is 0 Å². The van der Waals surface area contributed by atoms with Crippen LogP contribution in [0.2, 0.25) is 0 Å². The molecule has 0 aromatic heterocycles. The van der Waals surface area contributed by atoms with E-state index in [0.717, 1.165) is 0 Å². The van der Waals surface area contributed by atoms with Crippen molar-refractivity contribution in [2.45, 2.75) is 0 Å². The molecule has 0 heterocycles. The highest BCUT2D eigenvalue weighted by atomic mass is 16.6. The molecule has 6 nitrogen and oxygen atoms in total. The Labute approximate surface area is 139 Å². The molecule has 0 saturated heterocycles. The largest absolute Gasteiger partial charge is 0.493 e. The van der Waals surface area contributed by atoms with E-state index in [9.17, 15) is 9.59 Å². The van der Waals surface area contributed by atoms with E-state index in [-0.39, 0.29) is 5.75 Å². The van der Waals surface area contributed by atoms with Crippen molar-refractivity contribution in [2.24, 2.45) is 0 Å². The molecular formula is C18H18O6. The maximum Gasteiger partial charge on any atom is 0.343 e. The lowest BCUT2D eigenvalue weighted by atomic mass is 10.2. The predicted octanol–water partition coefficient (Wildman–Crippen LogP) is 2.75. The average molecular weight is 330 g/mol. The van der Waals surface area contributed by atoms with Crippen molar-refractivity contribution in [3.63, 3.8) is 0 Å². The second-order valence-electron chi connectivity index (χ2n) is 4.78. The first-order valence-corrected chi connectivity index (χ1v) is 7.25. The van der Waals surface area contributed by atoms with Crippen LogP contribution in [0.4, 0.5) is 0 Å². The van der Waals surface area contributed by atoms with Gasteiger partial charge < -0.3 is 18.9 Å². The number of carbonyl (C=O) groups excluding carboxylic acids is 2. The molecule has 0 aliphatic heterocycles. The Morgan fingerprint density at radius 1 is 1.00 bits per heavy atom. The Morgan fingerprint density at radius 2 is 1.75 bits per heavy atom. The summed E-state index contributed by atoms with van der Waals surface area (Å²) < 4.78 is 20.8. The zero-order chi connectivity index (χ0) is 17.4. The molecule has 0 amide bonds. The molecule has 0 atom stereocenters. The van der Waals surface area contributed by atoms with Crippen LogP contribution in [-0.2, 0) is 4.74 Å². The Hall–Kier alpha value is -2.86. The van der Waals surface area contributed by atoms with Gasteiger partial charge in [-0.15, -0.1) is 0 Å². The van der Waals surface area contributed by atoms with E-state index in [2.05, 4.69) is 0 Å². The summed E-state index contributed by atoms with van der Waals surface area (Å²) in [5.41, 5.74) is 0.805. The second kappa shape index (κ2) is 8.69.